The Kier molecular flexibility index (Phi) is 12.4. The van der Waals surface area contributed by atoms with Gasteiger partial charge >= 0.3 is 0 Å². The van der Waals surface area contributed by atoms with Crippen molar-refractivity contribution in [3.8, 4) is 11.5 Å². The molecule has 10 nitrogen and oxygen atoms in total. The number of rotatable bonds is 9. The molecule has 2 N–H and O–H groups in total. The molecule has 2 aliphatic heterocycles. The van der Waals surface area contributed by atoms with Crippen LogP contribution in [0, 0.1) is 10.1 Å². The summed E-state index contributed by atoms with van der Waals surface area (Å²) in [5.41, 5.74) is 12.6. The lowest BCUT2D eigenvalue weighted by Crippen LogP contribution is -2.28. The van der Waals surface area contributed by atoms with Gasteiger partial charge in [-0.2, -0.15) is 0 Å². The zero-order valence-electron chi connectivity index (χ0n) is 30.7. The largest absolute Gasteiger partial charge is 0.486 e. The lowest BCUT2D eigenvalue weighted by Gasteiger charge is -2.19. The van der Waals surface area contributed by atoms with Crippen LogP contribution < -0.4 is 25.0 Å². The number of anilines is 3. The average Bonchev–Trinajstić information content (AvgIpc) is 3.84. The van der Waals surface area contributed by atoms with Crippen molar-refractivity contribution in [2.45, 2.75) is 26.1 Å². The van der Waals surface area contributed by atoms with Crippen molar-refractivity contribution in [1.82, 2.24) is 0 Å². The highest BCUT2D eigenvalue weighted by atomic mass is 35.5. The number of carbonyl (C=O) groups is 2. The van der Waals surface area contributed by atoms with Gasteiger partial charge in [-0.05, 0) is 83.6 Å². The average molecular weight is 857 g/mol. The third-order valence-electron chi connectivity index (χ3n) is 9.60. The Labute approximate surface area is 354 Å². The van der Waals surface area contributed by atoms with Crippen LogP contribution in [0.5, 0.6) is 11.5 Å². The Balaban J connectivity index is 0.000000177. The third-order valence-corrected chi connectivity index (χ3v) is 10.7. The number of non-ortho nitro benzene ring substituents is 1. The highest BCUT2D eigenvalue weighted by molar-refractivity contribution is 6.38. The first kappa shape index (κ1) is 40.4. The maximum atomic E-state index is 13.1. The van der Waals surface area contributed by atoms with Crippen molar-refractivity contribution >= 4 is 81.0 Å². The van der Waals surface area contributed by atoms with E-state index in [1.807, 2.05) is 72.8 Å². The van der Waals surface area contributed by atoms with Gasteiger partial charge in [0.15, 0.2) is 11.5 Å². The summed E-state index contributed by atoms with van der Waals surface area (Å²) in [5, 5.41) is 12.1. The fourth-order valence-electron chi connectivity index (χ4n) is 6.76. The number of nitro benzene ring substituents is 1. The molecule has 0 bridgehead atoms. The van der Waals surface area contributed by atoms with Gasteiger partial charge < -0.3 is 25.0 Å². The topological polar surface area (TPSA) is 128 Å². The van der Waals surface area contributed by atoms with Crippen LogP contribution in [0.15, 0.2) is 121 Å². The molecule has 0 saturated heterocycles. The Morgan fingerprint density at radius 1 is 0.603 bits per heavy atom. The van der Waals surface area contributed by atoms with Crippen LogP contribution in [-0.2, 0) is 26.1 Å². The molecule has 0 aromatic heterocycles. The number of halogens is 4. The maximum Gasteiger partial charge on any atom is 0.269 e. The molecule has 0 aliphatic carbocycles. The first-order chi connectivity index (χ1) is 28.0. The van der Waals surface area contributed by atoms with E-state index in [4.69, 9.17) is 61.6 Å². The number of hydrogen-bond donors (Lipinski definition) is 1. The highest BCUT2D eigenvalue weighted by Crippen LogP contribution is 2.39. The molecule has 58 heavy (non-hydrogen) atoms. The van der Waals surface area contributed by atoms with Gasteiger partial charge in [0.05, 0.1) is 25.0 Å². The van der Waals surface area contributed by atoms with Crippen LogP contribution in [0.1, 0.15) is 43.0 Å². The van der Waals surface area contributed by atoms with E-state index in [2.05, 4.69) is 0 Å². The molecule has 14 heteroatoms. The molecule has 0 spiro atoms. The molecule has 0 fully saturated rings. The first-order valence-electron chi connectivity index (χ1n) is 18.1. The number of fused-ring (bicyclic) bond motifs is 2. The van der Waals surface area contributed by atoms with Gasteiger partial charge in [0.1, 0.15) is 13.2 Å². The second kappa shape index (κ2) is 17.8. The Morgan fingerprint density at radius 3 is 1.45 bits per heavy atom. The van der Waals surface area contributed by atoms with Crippen molar-refractivity contribution in [2.24, 2.45) is 0 Å². The molecule has 2 amide bonds. The van der Waals surface area contributed by atoms with E-state index in [9.17, 15) is 19.7 Å². The van der Waals surface area contributed by atoms with E-state index >= 15 is 0 Å². The van der Waals surface area contributed by atoms with Crippen molar-refractivity contribution in [3.05, 3.63) is 185 Å². The van der Waals surface area contributed by atoms with E-state index in [1.165, 1.54) is 24.3 Å². The minimum Gasteiger partial charge on any atom is -0.486 e. The zero-order chi connectivity index (χ0) is 40.9. The van der Waals surface area contributed by atoms with Crippen LogP contribution in [0.2, 0.25) is 20.1 Å². The fraction of sp³-hybridized carbons (Fsp3) is 0.136. The summed E-state index contributed by atoms with van der Waals surface area (Å²) in [6.07, 6.45) is 1.31. The summed E-state index contributed by atoms with van der Waals surface area (Å²) in [6, 6.07) is 35.6. The van der Waals surface area contributed by atoms with Gasteiger partial charge in [0.2, 0.25) is 0 Å². The van der Waals surface area contributed by atoms with E-state index in [-0.39, 0.29) is 27.5 Å². The van der Waals surface area contributed by atoms with E-state index in [0.717, 1.165) is 34.4 Å². The molecule has 294 valence electrons. The molecule has 0 atom stereocenters. The first-order valence-corrected chi connectivity index (χ1v) is 19.6. The SMILES string of the molecule is Nc1ccc2c(c1)CCN2C(=O)c1cc(Cl)c(OCc2ccccc2)c(Cl)c1.O=C(c1cc(Cl)c(OCc2ccccc2)c(Cl)c1)N1CCc2cc([N+](=O)[O-])ccc21. The Morgan fingerprint density at radius 2 is 1.02 bits per heavy atom. The van der Waals surface area contributed by atoms with Gasteiger partial charge in [-0.25, -0.2) is 0 Å². The Hall–Kier alpha value is -5.78. The van der Waals surface area contributed by atoms with Crippen LogP contribution >= 0.6 is 46.4 Å². The zero-order valence-corrected chi connectivity index (χ0v) is 33.7. The molecule has 6 aromatic carbocycles. The smallest absolute Gasteiger partial charge is 0.269 e. The van der Waals surface area contributed by atoms with Crippen LogP contribution in [0.3, 0.4) is 0 Å². The standard InChI is InChI=1S/C22H16Cl2N2O4.C22H18Cl2N2O2/c23-18-11-16(12-19(24)21(18)30-13-14-4-2-1-3-5-14)22(27)25-9-8-15-10-17(26(28)29)6-7-20(15)25;23-18-11-16(12-19(24)21(18)28-13-14-4-2-1-3-5-14)22(27)26-9-8-15-10-17(25)6-7-20(15)26/h1-7,10-12H,8-9,13H2;1-7,10-12H,8-9,13,25H2. The number of amides is 2. The van der Waals surface area contributed by atoms with Crippen LogP contribution in [0.4, 0.5) is 22.7 Å². The molecule has 0 radical (unpaired) electrons. The summed E-state index contributed by atoms with van der Waals surface area (Å²) >= 11 is 25.5. The lowest BCUT2D eigenvalue weighted by molar-refractivity contribution is -0.384. The number of hydrogen-bond acceptors (Lipinski definition) is 7. The number of ether oxygens (including phenoxy) is 2. The van der Waals surface area contributed by atoms with Crippen molar-refractivity contribution < 1.29 is 24.0 Å². The monoisotopic (exact) mass is 854 g/mol. The number of carbonyl (C=O) groups excluding carboxylic acids is 2. The normalized spacial score (nSPS) is 12.6. The molecule has 2 aliphatic rings. The van der Waals surface area contributed by atoms with Crippen molar-refractivity contribution in [1.29, 1.82) is 0 Å². The van der Waals surface area contributed by atoms with Crippen LogP contribution in [0.25, 0.3) is 0 Å². The van der Waals surface area contributed by atoms with E-state index < -0.39 is 4.92 Å². The van der Waals surface area contributed by atoms with Crippen molar-refractivity contribution in [3.63, 3.8) is 0 Å². The summed E-state index contributed by atoms with van der Waals surface area (Å²) in [7, 11) is 0. The van der Waals surface area contributed by atoms with Gasteiger partial charge in [0, 0.05) is 53.4 Å². The highest BCUT2D eigenvalue weighted by Gasteiger charge is 2.29. The number of benzene rings is 6. The predicted molar refractivity (Wildman–Crippen MR) is 229 cm³/mol. The van der Waals surface area contributed by atoms with Crippen molar-refractivity contribution in [2.75, 3.05) is 28.6 Å². The minimum atomic E-state index is -0.446. The summed E-state index contributed by atoms with van der Waals surface area (Å²) in [6.45, 7) is 1.66. The fourth-order valence-corrected chi connectivity index (χ4v) is 7.95. The number of nitrogen functional groups attached to an aromatic ring is 1. The molecule has 8 rings (SSSR count). The summed E-state index contributed by atoms with van der Waals surface area (Å²) in [5.74, 6) is 0.262. The molecule has 0 saturated carbocycles. The quantitative estimate of drug-likeness (QED) is 0.0871. The molecule has 0 unspecified atom stereocenters. The van der Waals surface area contributed by atoms with E-state index in [1.54, 1.807) is 34.1 Å². The molecule has 6 aromatic rings. The van der Waals surface area contributed by atoms with Crippen LogP contribution in [-0.4, -0.2) is 29.8 Å². The minimum absolute atomic E-state index is 0.00838. The number of nitrogens with two attached hydrogens (primary N) is 1. The third kappa shape index (κ3) is 9.01. The summed E-state index contributed by atoms with van der Waals surface area (Å²) in [4.78, 5) is 39.9. The van der Waals surface area contributed by atoms with Gasteiger partial charge in [-0.3, -0.25) is 19.7 Å². The second-order valence-electron chi connectivity index (χ2n) is 13.5. The lowest BCUT2D eigenvalue weighted by atomic mass is 10.1. The molecular weight excluding hydrogens is 822 g/mol. The predicted octanol–water partition coefficient (Wildman–Crippen LogP) is 11.0. The number of nitrogens with zero attached hydrogens (tertiary/aromatic N) is 3. The second-order valence-corrected chi connectivity index (χ2v) is 15.1. The molecular formula is C44H34Cl4N4O6. The maximum absolute atomic E-state index is 13.1. The van der Waals surface area contributed by atoms with E-state index in [0.29, 0.717) is 76.8 Å². The van der Waals surface area contributed by atoms with Gasteiger partial charge in [0.25, 0.3) is 17.5 Å². The van der Waals surface area contributed by atoms with Gasteiger partial charge in [-0.1, -0.05) is 107 Å². The number of nitro groups is 1. The molecule has 2 heterocycles. The summed E-state index contributed by atoms with van der Waals surface area (Å²) < 4.78 is 11.5. The van der Waals surface area contributed by atoms with Gasteiger partial charge in [-0.15, -0.1) is 0 Å². The Bertz CT molecular complexity index is 2480.